The van der Waals surface area contributed by atoms with Gasteiger partial charge in [0.25, 0.3) is 5.91 Å². The fourth-order valence-electron chi connectivity index (χ4n) is 2.19. The number of H-pyrrole nitrogens is 1. The van der Waals surface area contributed by atoms with Crippen molar-refractivity contribution in [3.8, 4) is 0 Å². The summed E-state index contributed by atoms with van der Waals surface area (Å²) in [4.78, 5) is 15.8. The van der Waals surface area contributed by atoms with Crippen LogP contribution in [0.5, 0.6) is 0 Å². The van der Waals surface area contributed by atoms with E-state index < -0.39 is 0 Å². The first kappa shape index (κ1) is 13.0. The van der Waals surface area contributed by atoms with Gasteiger partial charge in [0.1, 0.15) is 5.82 Å². The molecule has 1 saturated heterocycles. The minimum atomic E-state index is -0.185. The van der Waals surface area contributed by atoms with Crippen molar-refractivity contribution < 1.29 is 4.79 Å². The lowest BCUT2D eigenvalue weighted by Gasteiger charge is -2.22. The molecular formula is C12H21N5O. The number of piperidine rings is 1. The van der Waals surface area contributed by atoms with Crippen LogP contribution < -0.4 is 10.6 Å². The lowest BCUT2D eigenvalue weighted by Crippen LogP contribution is -2.33. The second-order valence-electron chi connectivity index (χ2n) is 4.72. The van der Waals surface area contributed by atoms with Gasteiger partial charge < -0.3 is 10.6 Å². The largest absolute Gasteiger partial charge is 0.349 e. The summed E-state index contributed by atoms with van der Waals surface area (Å²) in [6, 6.07) is 0. The Morgan fingerprint density at radius 2 is 2.44 bits per heavy atom. The van der Waals surface area contributed by atoms with Gasteiger partial charge in [-0.3, -0.25) is 9.89 Å². The second kappa shape index (κ2) is 6.49. The maximum atomic E-state index is 11.7. The van der Waals surface area contributed by atoms with E-state index in [1.165, 1.54) is 12.8 Å². The van der Waals surface area contributed by atoms with E-state index in [1.807, 2.05) is 6.92 Å². The van der Waals surface area contributed by atoms with Gasteiger partial charge in [0.15, 0.2) is 0 Å². The average Bonchev–Trinajstić information content (AvgIpc) is 2.89. The molecule has 0 aliphatic carbocycles. The van der Waals surface area contributed by atoms with E-state index in [0.29, 0.717) is 12.5 Å². The van der Waals surface area contributed by atoms with Gasteiger partial charge in [-0.05, 0) is 38.3 Å². The van der Waals surface area contributed by atoms with Crippen LogP contribution in [0.2, 0.25) is 0 Å². The fourth-order valence-corrected chi connectivity index (χ4v) is 2.19. The van der Waals surface area contributed by atoms with Crippen LogP contribution in [0.1, 0.15) is 42.6 Å². The molecule has 1 aliphatic rings. The molecule has 0 aromatic carbocycles. The molecule has 1 fully saturated rings. The van der Waals surface area contributed by atoms with Crippen molar-refractivity contribution in [2.24, 2.45) is 5.92 Å². The Morgan fingerprint density at radius 1 is 1.56 bits per heavy atom. The summed E-state index contributed by atoms with van der Waals surface area (Å²) in [7, 11) is 0. The molecule has 2 rings (SSSR count). The standard InChI is InChI=1S/C12H21N5O/c1-2-10-15-11(17-16-10)12(18)14-7-5-9-4-3-6-13-8-9/h9,13H,2-8H2,1H3,(H,14,18)(H,15,16,17). The highest BCUT2D eigenvalue weighted by Gasteiger charge is 2.15. The number of aromatic nitrogens is 3. The Morgan fingerprint density at radius 3 is 3.11 bits per heavy atom. The minimum absolute atomic E-state index is 0.185. The third-order valence-corrected chi connectivity index (χ3v) is 3.31. The van der Waals surface area contributed by atoms with Gasteiger partial charge >= 0.3 is 0 Å². The molecule has 1 aromatic heterocycles. The predicted octanol–water partition coefficient (Wildman–Crippen LogP) is 0.487. The van der Waals surface area contributed by atoms with E-state index in [1.54, 1.807) is 0 Å². The van der Waals surface area contributed by atoms with Crippen LogP contribution in [0.4, 0.5) is 0 Å². The SMILES string of the molecule is CCc1nc(C(=O)NCCC2CCCNC2)n[nH]1. The number of carbonyl (C=O) groups is 1. The molecular weight excluding hydrogens is 230 g/mol. The highest BCUT2D eigenvalue weighted by Crippen LogP contribution is 2.12. The van der Waals surface area contributed by atoms with E-state index in [-0.39, 0.29) is 11.7 Å². The zero-order valence-corrected chi connectivity index (χ0v) is 10.8. The molecule has 3 N–H and O–H groups in total. The number of carbonyl (C=O) groups excluding carboxylic acids is 1. The molecule has 0 radical (unpaired) electrons. The Bertz CT molecular complexity index is 384. The van der Waals surface area contributed by atoms with Crippen LogP contribution >= 0.6 is 0 Å². The predicted molar refractivity (Wildman–Crippen MR) is 68.3 cm³/mol. The van der Waals surface area contributed by atoms with Crippen LogP contribution in [0.15, 0.2) is 0 Å². The summed E-state index contributed by atoms with van der Waals surface area (Å²) >= 11 is 0. The first-order valence-corrected chi connectivity index (χ1v) is 6.69. The van der Waals surface area contributed by atoms with Gasteiger partial charge in [-0.2, -0.15) is 0 Å². The number of hydrogen-bond acceptors (Lipinski definition) is 4. The smallest absolute Gasteiger partial charge is 0.290 e. The second-order valence-corrected chi connectivity index (χ2v) is 4.72. The van der Waals surface area contributed by atoms with Crippen molar-refractivity contribution >= 4 is 5.91 Å². The minimum Gasteiger partial charge on any atom is -0.349 e. The summed E-state index contributed by atoms with van der Waals surface area (Å²) in [5.74, 6) is 1.48. The van der Waals surface area contributed by atoms with Gasteiger partial charge in [0.05, 0.1) is 0 Å². The zero-order valence-electron chi connectivity index (χ0n) is 10.8. The number of rotatable bonds is 5. The topological polar surface area (TPSA) is 82.7 Å². The zero-order chi connectivity index (χ0) is 12.8. The quantitative estimate of drug-likeness (QED) is 0.711. The van der Waals surface area contributed by atoms with Crippen molar-refractivity contribution in [3.63, 3.8) is 0 Å². The molecule has 18 heavy (non-hydrogen) atoms. The van der Waals surface area contributed by atoms with Crippen molar-refractivity contribution in [1.29, 1.82) is 0 Å². The van der Waals surface area contributed by atoms with Gasteiger partial charge in [-0.15, -0.1) is 5.10 Å². The van der Waals surface area contributed by atoms with E-state index >= 15 is 0 Å². The molecule has 1 aromatic rings. The van der Waals surface area contributed by atoms with E-state index in [0.717, 1.165) is 31.8 Å². The molecule has 1 aliphatic heterocycles. The van der Waals surface area contributed by atoms with E-state index in [2.05, 4.69) is 25.8 Å². The monoisotopic (exact) mass is 251 g/mol. The van der Waals surface area contributed by atoms with Gasteiger partial charge in [0.2, 0.25) is 5.82 Å². The Hall–Kier alpha value is -1.43. The maximum Gasteiger partial charge on any atom is 0.290 e. The summed E-state index contributed by atoms with van der Waals surface area (Å²) in [5.41, 5.74) is 0. The molecule has 0 saturated carbocycles. The van der Waals surface area contributed by atoms with Crippen LogP contribution in [-0.2, 0) is 6.42 Å². The van der Waals surface area contributed by atoms with Crippen LogP contribution in [0.25, 0.3) is 0 Å². The number of nitrogens with zero attached hydrogens (tertiary/aromatic N) is 2. The Labute approximate surface area is 107 Å². The molecule has 1 unspecified atom stereocenters. The van der Waals surface area contributed by atoms with E-state index in [4.69, 9.17) is 0 Å². The Kier molecular flexibility index (Phi) is 4.69. The third-order valence-electron chi connectivity index (χ3n) is 3.31. The van der Waals surface area contributed by atoms with Crippen molar-refractivity contribution in [3.05, 3.63) is 11.6 Å². The van der Waals surface area contributed by atoms with Crippen molar-refractivity contribution in [2.45, 2.75) is 32.6 Å². The van der Waals surface area contributed by atoms with Crippen molar-refractivity contribution in [1.82, 2.24) is 25.8 Å². The molecule has 2 heterocycles. The normalized spacial score (nSPS) is 19.7. The summed E-state index contributed by atoms with van der Waals surface area (Å²) < 4.78 is 0. The number of aryl methyl sites for hydroxylation is 1. The molecule has 100 valence electrons. The van der Waals surface area contributed by atoms with Gasteiger partial charge in [-0.1, -0.05) is 6.92 Å². The fraction of sp³-hybridized carbons (Fsp3) is 0.750. The summed E-state index contributed by atoms with van der Waals surface area (Å²) in [5, 5.41) is 12.9. The molecule has 6 nitrogen and oxygen atoms in total. The molecule has 6 heteroatoms. The van der Waals surface area contributed by atoms with Crippen LogP contribution in [-0.4, -0.2) is 40.7 Å². The lowest BCUT2D eigenvalue weighted by atomic mass is 9.96. The summed E-state index contributed by atoms with van der Waals surface area (Å²) in [6.45, 7) is 4.86. The highest BCUT2D eigenvalue weighted by molar-refractivity contribution is 5.90. The third kappa shape index (κ3) is 3.53. The highest BCUT2D eigenvalue weighted by atomic mass is 16.2. The summed E-state index contributed by atoms with van der Waals surface area (Å²) in [6.07, 6.45) is 4.26. The van der Waals surface area contributed by atoms with Gasteiger partial charge in [-0.25, -0.2) is 4.98 Å². The molecule has 1 atom stereocenters. The van der Waals surface area contributed by atoms with Crippen molar-refractivity contribution in [2.75, 3.05) is 19.6 Å². The van der Waals surface area contributed by atoms with E-state index in [9.17, 15) is 4.79 Å². The number of nitrogens with one attached hydrogen (secondary N) is 3. The van der Waals surface area contributed by atoms with Gasteiger partial charge in [0, 0.05) is 13.0 Å². The number of amides is 1. The number of hydrogen-bond donors (Lipinski definition) is 3. The molecule has 0 bridgehead atoms. The number of aromatic amines is 1. The lowest BCUT2D eigenvalue weighted by molar-refractivity contribution is 0.0940. The van der Waals surface area contributed by atoms with Crippen LogP contribution in [0.3, 0.4) is 0 Å². The average molecular weight is 251 g/mol. The van der Waals surface area contributed by atoms with Crippen LogP contribution in [0, 0.1) is 5.92 Å². The molecule has 1 amide bonds. The first-order valence-electron chi connectivity index (χ1n) is 6.69. The first-order chi connectivity index (χ1) is 8.79. The molecule has 0 spiro atoms. The Balaban J connectivity index is 1.70. The maximum absolute atomic E-state index is 11.7.